The van der Waals surface area contributed by atoms with Gasteiger partial charge in [0.05, 0.1) is 26.7 Å². The zero-order valence-corrected chi connectivity index (χ0v) is 17.8. The number of ether oxygens (including phenoxy) is 2. The van der Waals surface area contributed by atoms with Gasteiger partial charge >= 0.3 is 5.97 Å². The Hall–Kier alpha value is -4.01. The van der Waals surface area contributed by atoms with Crippen LogP contribution in [0.5, 0.6) is 11.5 Å². The fraction of sp³-hybridized carbons (Fsp3) is 0.261. The lowest BCUT2D eigenvalue weighted by Crippen LogP contribution is -2.25. The lowest BCUT2D eigenvalue weighted by atomic mass is 9.91. The van der Waals surface area contributed by atoms with Crippen molar-refractivity contribution in [1.82, 2.24) is 5.32 Å². The first-order valence-electron chi connectivity index (χ1n) is 9.73. The highest BCUT2D eigenvalue weighted by atomic mass is 16.5. The second kappa shape index (κ2) is 9.86. The molecule has 2 heterocycles. The minimum atomic E-state index is -0.726. The van der Waals surface area contributed by atoms with Crippen LogP contribution in [0.4, 0.5) is 0 Å². The molecule has 0 bridgehead atoms. The molecular weight excluding hydrogens is 418 g/mol. The summed E-state index contributed by atoms with van der Waals surface area (Å²) in [5, 5.41) is 13.0. The maximum Gasteiger partial charge on any atom is 0.373 e. The summed E-state index contributed by atoms with van der Waals surface area (Å²) in [7, 11) is 2.77. The maximum absolute atomic E-state index is 12.7. The van der Waals surface area contributed by atoms with Gasteiger partial charge in [0.25, 0.3) is 0 Å². The highest BCUT2D eigenvalue weighted by Crippen LogP contribution is 2.33. The molecule has 0 radical (unpaired) electrons. The molecule has 1 aromatic carbocycles. The van der Waals surface area contributed by atoms with E-state index in [1.165, 1.54) is 26.4 Å². The number of benzene rings is 1. The topological polar surface area (TPSA) is 128 Å². The van der Waals surface area contributed by atoms with Crippen LogP contribution in [0.15, 0.2) is 56.1 Å². The van der Waals surface area contributed by atoms with E-state index in [9.17, 15) is 19.5 Å². The van der Waals surface area contributed by atoms with Crippen molar-refractivity contribution in [2.24, 2.45) is 0 Å². The van der Waals surface area contributed by atoms with Gasteiger partial charge in [-0.25, -0.2) is 4.79 Å². The summed E-state index contributed by atoms with van der Waals surface area (Å²) >= 11 is 0. The highest BCUT2D eigenvalue weighted by molar-refractivity contribution is 5.86. The van der Waals surface area contributed by atoms with E-state index in [1.807, 2.05) is 0 Å². The van der Waals surface area contributed by atoms with E-state index >= 15 is 0 Å². The standard InChI is InChI=1S/C23H23NO8/c1-13-10-18(25)21(27)22(31-13)17(14-4-6-15(29-2)7-5-14)11-20(26)24-12-16-8-9-19(32-16)23(28)30-3/h4-10,17,27H,11-12H2,1-3H3,(H,24,26). The Bertz CT molecular complexity index is 1160. The molecular formula is C23H23NO8. The molecule has 0 saturated carbocycles. The number of methoxy groups -OCH3 is 2. The summed E-state index contributed by atoms with van der Waals surface area (Å²) in [6.45, 7) is 1.63. The van der Waals surface area contributed by atoms with Crippen LogP contribution in [0.25, 0.3) is 0 Å². The van der Waals surface area contributed by atoms with Crippen LogP contribution >= 0.6 is 0 Å². The minimum absolute atomic E-state index is 0.00120. The van der Waals surface area contributed by atoms with Gasteiger partial charge in [-0.3, -0.25) is 9.59 Å². The third-order valence-electron chi connectivity index (χ3n) is 4.80. The Kier molecular flexibility index (Phi) is 6.99. The number of rotatable bonds is 8. The Morgan fingerprint density at radius 3 is 2.47 bits per heavy atom. The van der Waals surface area contributed by atoms with Gasteiger partial charge in [0.15, 0.2) is 5.76 Å². The number of furan rings is 1. The van der Waals surface area contributed by atoms with Crippen molar-refractivity contribution in [2.45, 2.75) is 25.8 Å². The van der Waals surface area contributed by atoms with Crippen molar-refractivity contribution in [3.05, 3.63) is 81.3 Å². The van der Waals surface area contributed by atoms with E-state index in [0.29, 0.717) is 22.8 Å². The van der Waals surface area contributed by atoms with E-state index in [-0.39, 0.29) is 30.4 Å². The van der Waals surface area contributed by atoms with E-state index in [2.05, 4.69) is 10.1 Å². The van der Waals surface area contributed by atoms with E-state index < -0.39 is 23.1 Å². The van der Waals surface area contributed by atoms with Gasteiger partial charge in [-0.05, 0) is 36.8 Å². The Balaban J connectivity index is 1.82. The summed E-state index contributed by atoms with van der Waals surface area (Å²) in [4.78, 5) is 36.3. The molecule has 0 aliphatic rings. The van der Waals surface area contributed by atoms with Crippen LogP contribution in [0, 0.1) is 6.92 Å². The molecule has 0 aliphatic heterocycles. The number of amides is 1. The molecule has 168 valence electrons. The Morgan fingerprint density at radius 1 is 1.09 bits per heavy atom. The molecule has 1 amide bonds. The van der Waals surface area contributed by atoms with Gasteiger partial charge in [0.2, 0.25) is 22.8 Å². The number of carbonyl (C=O) groups is 2. The molecule has 0 fully saturated rings. The fourth-order valence-corrected chi connectivity index (χ4v) is 3.19. The molecule has 3 aromatic rings. The van der Waals surface area contributed by atoms with Gasteiger partial charge in [-0.15, -0.1) is 0 Å². The smallest absolute Gasteiger partial charge is 0.373 e. The highest BCUT2D eigenvalue weighted by Gasteiger charge is 2.26. The Morgan fingerprint density at radius 2 is 1.81 bits per heavy atom. The van der Waals surface area contributed by atoms with Gasteiger partial charge in [0, 0.05) is 12.5 Å². The number of esters is 1. The van der Waals surface area contributed by atoms with Gasteiger partial charge in [-0.2, -0.15) is 0 Å². The number of carbonyl (C=O) groups excluding carboxylic acids is 2. The second-order valence-electron chi connectivity index (χ2n) is 7.00. The van der Waals surface area contributed by atoms with Gasteiger partial charge in [-0.1, -0.05) is 12.1 Å². The van der Waals surface area contributed by atoms with E-state index in [4.69, 9.17) is 13.6 Å². The molecule has 1 atom stereocenters. The number of aromatic hydroxyl groups is 1. The molecule has 3 rings (SSSR count). The summed E-state index contributed by atoms with van der Waals surface area (Å²) in [6.07, 6.45) is -0.114. The fourth-order valence-electron chi connectivity index (χ4n) is 3.19. The Labute approximate surface area is 183 Å². The summed E-state index contributed by atoms with van der Waals surface area (Å²) in [5.74, 6) is -0.949. The summed E-state index contributed by atoms with van der Waals surface area (Å²) < 4.78 is 20.7. The monoisotopic (exact) mass is 441 g/mol. The van der Waals surface area contributed by atoms with Crippen molar-refractivity contribution in [3.8, 4) is 11.5 Å². The SMILES string of the molecule is COC(=O)c1ccc(CNC(=O)CC(c2ccc(OC)cc2)c2oc(C)cc(=O)c2O)o1. The first-order valence-corrected chi connectivity index (χ1v) is 9.73. The third-order valence-corrected chi connectivity index (χ3v) is 4.80. The van der Waals surface area contributed by atoms with E-state index in [1.54, 1.807) is 37.3 Å². The van der Waals surface area contributed by atoms with Gasteiger partial charge in [0.1, 0.15) is 17.3 Å². The van der Waals surface area contributed by atoms with Crippen molar-refractivity contribution in [3.63, 3.8) is 0 Å². The lowest BCUT2D eigenvalue weighted by molar-refractivity contribution is -0.121. The van der Waals surface area contributed by atoms with Crippen LogP contribution in [0.2, 0.25) is 0 Å². The maximum atomic E-state index is 12.7. The van der Waals surface area contributed by atoms with Crippen molar-refractivity contribution >= 4 is 11.9 Å². The number of aryl methyl sites for hydroxylation is 1. The van der Waals surface area contributed by atoms with Crippen LogP contribution < -0.4 is 15.5 Å². The summed E-state index contributed by atoms with van der Waals surface area (Å²) in [5.41, 5.74) is 0.0598. The molecule has 1 unspecified atom stereocenters. The predicted octanol–water partition coefficient (Wildman–Crippen LogP) is 2.88. The zero-order chi connectivity index (χ0) is 23.3. The van der Waals surface area contributed by atoms with Crippen LogP contribution in [0.3, 0.4) is 0 Å². The average Bonchev–Trinajstić information content (AvgIpc) is 3.27. The lowest BCUT2D eigenvalue weighted by Gasteiger charge is -2.18. The van der Waals surface area contributed by atoms with E-state index in [0.717, 1.165) is 0 Å². The van der Waals surface area contributed by atoms with Crippen LogP contribution in [-0.4, -0.2) is 31.2 Å². The molecule has 0 aliphatic carbocycles. The molecule has 0 spiro atoms. The average molecular weight is 441 g/mol. The predicted molar refractivity (Wildman–Crippen MR) is 113 cm³/mol. The second-order valence-corrected chi connectivity index (χ2v) is 7.00. The molecule has 32 heavy (non-hydrogen) atoms. The van der Waals surface area contributed by atoms with Crippen molar-refractivity contribution in [1.29, 1.82) is 0 Å². The van der Waals surface area contributed by atoms with Crippen LogP contribution in [0.1, 0.15) is 45.7 Å². The van der Waals surface area contributed by atoms with Crippen molar-refractivity contribution in [2.75, 3.05) is 14.2 Å². The first-order chi connectivity index (χ1) is 15.3. The van der Waals surface area contributed by atoms with Crippen LogP contribution in [-0.2, 0) is 16.1 Å². The molecule has 0 saturated heterocycles. The largest absolute Gasteiger partial charge is 0.502 e. The normalized spacial score (nSPS) is 11.6. The number of hydrogen-bond acceptors (Lipinski definition) is 8. The molecule has 2 aromatic heterocycles. The zero-order valence-electron chi connectivity index (χ0n) is 17.8. The molecule has 2 N–H and O–H groups in total. The number of hydrogen-bond donors (Lipinski definition) is 2. The van der Waals surface area contributed by atoms with Crippen molar-refractivity contribution < 1.29 is 33.0 Å². The number of nitrogens with one attached hydrogen (secondary N) is 1. The summed E-state index contributed by atoms with van der Waals surface area (Å²) in [6, 6.07) is 11.1. The van der Waals surface area contributed by atoms with Gasteiger partial charge < -0.3 is 28.7 Å². The minimum Gasteiger partial charge on any atom is -0.502 e. The molecule has 9 heteroatoms. The third kappa shape index (κ3) is 5.18. The quantitative estimate of drug-likeness (QED) is 0.511. The molecule has 9 nitrogen and oxygen atoms in total. The first kappa shape index (κ1) is 22.7.